The summed E-state index contributed by atoms with van der Waals surface area (Å²) in [4.78, 5) is 19.5. The Morgan fingerprint density at radius 2 is 2.06 bits per heavy atom. The van der Waals surface area contributed by atoms with Crippen LogP contribution in [0.1, 0.15) is 29.3 Å². The minimum absolute atomic E-state index is 0.155. The number of ether oxygens (including phenoxy) is 1. The van der Waals surface area contributed by atoms with E-state index in [9.17, 15) is 15.0 Å². The predicted octanol–water partition coefficient (Wildman–Crippen LogP) is 1.47. The Balaban J connectivity index is 1.51. The first-order chi connectivity index (χ1) is 15.4. The molecule has 0 spiro atoms. The van der Waals surface area contributed by atoms with E-state index in [0.717, 1.165) is 5.69 Å². The van der Waals surface area contributed by atoms with E-state index in [-0.39, 0.29) is 23.2 Å². The average Bonchev–Trinajstić information content (AvgIpc) is 3.19. The third kappa shape index (κ3) is 3.65. The molecule has 32 heavy (non-hydrogen) atoms. The van der Waals surface area contributed by atoms with Crippen molar-refractivity contribution in [1.29, 1.82) is 0 Å². The molecule has 0 bridgehead atoms. The molecule has 2 aliphatic rings. The van der Waals surface area contributed by atoms with Crippen molar-refractivity contribution in [3.63, 3.8) is 0 Å². The third-order valence-corrected chi connectivity index (χ3v) is 6.47. The predicted molar refractivity (Wildman–Crippen MR) is 118 cm³/mol. The molecule has 3 heterocycles. The maximum atomic E-state index is 13.2. The number of aliphatic hydroxyl groups is 1. The number of rotatable bonds is 5. The zero-order valence-electron chi connectivity index (χ0n) is 18.1. The Morgan fingerprint density at radius 1 is 1.31 bits per heavy atom. The number of pyridine rings is 1. The number of nitrogens with zero attached hydrogens (tertiary/aromatic N) is 5. The molecule has 2 atom stereocenters. The van der Waals surface area contributed by atoms with Gasteiger partial charge in [0, 0.05) is 37.8 Å². The van der Waals surface area contributed by atoms with Gasteiger partial charge in [-0.15, -0.1) is 5.10 Å². The summed E-state index contributed by atoms with van der Waals surface area (Å²) < 4.78 is 7.02. The van der Waals surface area contributed by atoms with Crippen LogP contribution in [0.25, 0.3) is 11.0 Å². The van der Waals surface area contributed by atoms with Gasteiger partial charge < -0.3 is 25.2 Å². The lowest BCUT2D eigenvalue weighted by Gasteiger charge is -2.31. The molecule has 1 unspecified atom stereocenters. The Labute approximate surface area is 184 Å². The van der Waals surface area contributed by atoms with Gasteiger partial charge in [-0.1, -0.05) is 12.1 Å². The largest absolute Gasteiger partial charge is 0.508 e. The smallest absolute Gasteiger partial charge is 0.259 e. The highest BCUT2D eigenvalue weighted by atomic mass is 16.5. The van der Waals surface area contributed by atoms with E-state index in [4.69, 9.17) is 4.74 Å². The highest BCUT2D eigenvalue weighted by Gasteiger charge is 2.49. The van der Waals surface area contributed by atoms with Gasteiger partial charge in [0.1, 0.15) is 16.8 Å². The summed E-state index contributed by atoms with van der Waals surface area (Å²) in [6, 6.07) is 3.49. The lowest BCUT2D eigenvalue weighted by atomic mass is 9.96. The number of hydrogen-bond acceptors (Lipinski definition) is 8. The monoisotopic (exact) mass is 438 g/mol. The summed E-state index contributed by atoms with van der Waals surface area (Å²) in [6.45, 7) is 4.44. The van der Waals surface area contributed by atoms with Crippen LogP contribution >= 0.6 is 0 Å². The minimum Gasteiger partial charge on any atom is -0.508 e. The van der Waals surface area contributed by atoms with Gasteiger partial charge in [-0.3, -0.25) is 9.78 Å². The van der Waals surface area contributed by atoms with Gasteiger partial charge in [0.25, 0.3) is 5.91 Å². The first-order valence-corrected chi connectivity index (χ1v) is 10.7. The third-order valence-electron chi connectivity index (χ3n) is 6.47. The maximum absolute atomic E-state index is 13.2. The van der Waals surface area contributed by atoms with E-state index in [1.165, 1.54) is 6.20 Å². The molecule has 0 radical (unpaired) electrons. The average molecular weight is 438 g/mol. The van der Waals surface area contributed by atoms with E-state index < -0.39 is 0 Å². The normalized spacial score (nSPS) is 22.8. The van der Waals surface area contributed by atoms with Gasteiger partial charge in [0.15, 0.2) is 0 Å². The molecule has 1 saturated carbocycles. The first kappa shape index (κ1) is 20.7. The van der Waals surface area contributed by atoms with Gasteiger partial charge in [-0.05, 0) is 24.5 Å². The molecule has 1 saturated heterocycles. The van der Waals surface area contributed by atoms with Crippen molar-refractivity contribution >= 4 is 28.3 Å². The topological polar surface area (TPSA) is 126 Å². The number of nitrogens with one attached hydrogen (secondary N) is 1. The highest BCUT2D eigenvalue weighted by Crippen LogP contribution is 2.50. The molecule has 1 aliphatic heterocycles. The number of carbonyl (C=O) groups excluding carboxylic acids is 1. The van der Waals surface area contributed by atoms with E-state index in [1.807, 2.05) is 6.92 Å². The molecule has 5 rings (SSSR count). The number of aryl methyl sites for hydroxylation is 1. The molecule has 2 fully saturated rings. The number of amides is 1. The van der Waals surface area contributed by atoms with E-state index >= 15 is 0 Å². The van der Waals surface area contributed by atoms with Crippen LogP contribution in [0, 0.1) is 5.41 Å². The lowest BCUT2D eigenvalue weighted by Crippen LogP contribution is -2.36. The summed E-state index contributed by atoms with van der Waals surface area (Å²) in [6.07, 6.45) is 3.93. The second-order valence-corrected chi connectivity index (χ2v) is 8.87. The number of aliphatic hydroxyl groups excluding tert-OH is 1. The van der Waals surface area contributed by atoms with Crippen molar-refractivity contribution in [1.82, 2.24) is 20.0 Å². The Bertz CT molecular complexity index is 1190. The summed E-state index contributed by atoms with van der Waals surface area (Å²) in [5.41, 5.74) is 3.20. The fraction of sp³-hybridized carbons (Fsp3) is 0.455. The maximum Gasteiger partial charge on any atom is 0.259 e. The summed E-state index contributed by atoms with van der Waals surface area (Å²) in [7, 11) is 1.74. The van der Waals surface area contributed by atoms with Gasteiger partial charge in [0.05, 0.1) is 42.5 Å². The zero-order valence-corrected chi connectivity index (χ0v) is 18.1. The SMILES string of the molecule is Cn1nnc2c(C(=O)Nc3cc(C[C@@]4(C)CC4O)c(O)cc3N3CCOCC3)cncc21. The number of morpholine rings is 1. The Morgan fingerprint density at radius 3 is 2.78 bits per heavy atom. The van der Waals surface area contributed by atoms with Crippen molar-refractivity contribution in [2.45, 2.75) is 25.9 Å². The van der Waals surface area contributed by atoms with Crippen LogP contribution in [0.2, 0.25) is 0 Å². The van der Waals surface area contributed by atoms with Gasteiger partial charge in [-0.25, -0.2) is 4.68 Å². The van der Waals surface area contributed by atoms with Gasteiger partial charge >= 0.3 is 0 Å². The zero-order chi connectivity index (χ0) is 22.5. The van der Waals surface area contributed by atoms with Crippen LogP contribution in [-0.2, 0) is 18.2 Å². The number of phenolic OH excluding ortho intramolecular Hbond substituents is 1. The van der Waals surface area contributed by atoms with Crippen molar-refractivity contribution in [2.75, 3.05) is 36.5 Å². The van der Waals surface area contributed by atoms with Crippen molar-refractivity contribution in [3.05, 3.63) is 35.7 Å². The van der Waals surface area contributed by atoms with E-state index in [1.54, 1.807) is 30.1 Å². The van der Waals surface area contributed by atoms with Crippen LogP contribution in [0.5, 0.6) is 5.75 Å². The number of fused-ring (bicyclic) bond motifs is 1. The molecule has 2 aromatic heterocycles. The van der Waals surface area contributed by atoms with Crippen LogP contribution in [0.4, 0.5) is 11.4 Å². The number of aromatic hydroxyl groups is 1. The molecule has 10 nitrogen and oxygen atoms in total. The highest BCUT2D eigenvalue weighted by molar-refractivity contribution is 6.12. The van der Waals surface area contributed by atoms with E-state index in [2.05, 4.69) is 25.5 Å². The first-order valence-electron chi connectivity index (χ1n) is 10.7. The Hall–Kier alpha value is -3.24. The van der Waals surface area contributed by atoms with Gasteiger partial charge in [0.2, 0.25) is 0 Å². The fourth-order valence-electron chi connectivity index (χ4n) is 4.24. The molecule has 3 aromatic rings. The molecule has 3 N–H and O–H groups in total. The van der Waals surface area contributed by atoms with Crippen molar-refractivity contribution in [2.24, 2.45) is 12.5 Å². The molecular formula is C22H26N6O4. The van der Waals surface area contributed by atoms with Crippen LogP contribution in [-0.4, -0.2) is 68.5 Å². The fourth-order valence-corrected chi connectivity index (χ4v) is 4.24. The number of benzene rings is 1. The molecular weight excluding hydrogens is 412 g/mol. The number of anilines is 2. The van der Waals surface area contributed by atoms with Crippen molar-refractivity contribution in [3.8, 4) is 5.75 Å². The summed E-state index contributed by atoms with van der Waals surface area (Å²) in [5, 5.41) is 31.8. The minimum atomic E-state index is -0.376. The Kier molecular flexibility index (Phi) is 4.98. The molecule has 168 valence electrons. The number of carbonyl (C=O) groups is 1. The number of phenols is 1. The standard InChI is InChI=1S/C22H26N6O4/c1-22(10-19(22)30)9-13-7-15(16(8-18(13)29)28-3-5-32-6-4-28)24-21(31)14-11-23-12-17-20(14)25-26-27(17)2/h7-8,11-12,19,29-30H,3-6,9-10H2,1-2H3,(H,24,31)/t19?,22-/m0/s1. The summed E-state index contributed by atoms with van der Waals surface area (Å²) in [5.74, 6) is -0.199. The molecule has 10 heteroatoms. The van der Waals surface area contributed by atoms with Crippen molar-refractivity contribution < 1.29 is 19.7 Å². The van der Waals surface area contributed by atoms with Crippen LogP contribution in [0.3, 0.4) is 0 Å². The lowest BCUT2D eigenvalue weighted by molar-refractivity contribution is 0.102. The second-order valence-electron chi connectivity index (χ2n) is 8.87. The summed E-state index contributed by atoms with van der Waals surface area (Å²) >= 11 is 0. The molecule has 1 aliphatic carbocycles. The van der Waals surface area contributed by atoms with Crippen LogP contribution in [0.15, 0.2) is 24.5 Å². The molecule has 1 amide bonds. The van der Waals surface area contributed by atoms with Gasteiger partial charge in [-0.2, -0.15) is 0 Å². The van der Waals surface area contributed by atoms with Crippen LogP contribution < -0.4 is 10.2 Å². The quantitative estimate of drug-likeness (QED) is 0.512. The number of aromatic nitrogens is 4. The number of hydrogen-bond donors (Lipinski definition) is 3. The second kappa shape index (κ2) is 7.72. The molecule has 1 aromatic carbocycles. The van der Waals surface area contributed by atoms with E-state index in [0.29, 0.717) is 67.0 Å².